The molecule has 1 spiro atoms. The molecule has 2 saturated heterocycles. The number of hydrogen-bond donors (Lipinski definition) is 0. The van der Waals surface area contributed by atoms with Crippen molar-refractivity contribution in [2.24, 2.45) is 5.41 Å². The fraction of sp³-hybridized carbons (Fsp3) is 0.833. The highest BCUT2D eigenvalue weighted by atomic mass is 16.5. The van der Waals surface area contributed by atoms with Crippen molar-refractivity contribution in [2.45, 2.75) is 50.5 Å². The number of amides is 2. The average molecular weight is 347 g/mol. The summed E-state index contributed by atoms with van der Waals surface area (Å²) in [4.78, 5) is 22.9. The van der Waals surface area contributed by atoms with Gasteiger partial charge >= 0.3 is 6.03 Å². The van der Waals surface area contributed by atoms with Gasteiger partial charge in [0.2, 0.25) is 5.89 Å². The molecule has 7 nitrogen and oxygen atoms in total. The van der Waals surface area contributed by atoms with Crippen LogP contribution in [-0.4, -0.2) is 71.6 Å². The summed E-state index contributed by atoms with van der Waals surface area (Å²) in [6.45, 7) is 2.74. The first-order valence-corrected chi connectivity index (χ1v) is 9.47. The first-order chi connectivity index (χ1) is 12.0. The average Bonchev–Trinajstić information content (AvgIpc) is 3.11. The van der Waals surface area contributed by atoms with Crippen molar-refractivity contribution >= 4 is 6.03 Å². The molecule has 7 heteroatoms. The number of urea groups is 1. The number of carbonyl (C=O) groups excluding carboxylic acids is 1. The summed E-state index contributed by atoms with van der Waals surface area (Å²) in [6, 6.07) is 0.370. The van der Waals surface area contributed by atoms with Crippen molar-refractivity contribution in [1.29, 1.82) is 0 Å². The monoisotopic (exact) mass is 347 g/mol. The summed E-state index contributed by atoms with van der Waals surface area (Å²) in [7, 11) is 5.81. The maximum Gasteiger partial charge on any atom is 0.319 e. The summed E-state index contributed by atoms with van der Waals surface area (Å²) < 4.78 is 5.53. The van der Waals surface area contributed by atoms with Crippen molar-refractivity contribution in [3.8, 4) is 0 Å². The molecule has 2 amide bonds. The van der Waals surface area contributed by atoms with E-state index in [2.05, 4.69) is 17.1 Å². The highest BCUT2D eigenvalue weighted by Gasteiger charge is 2.47. The number of likely N-dealkylation sites (tertiary alicyclic amines) is 2. The largest absolute Gasteiger partial charge is 0.339 e. The van der Waals surface area contributed by atoms with Crippen LogP contribution in [0.4, 0.5) is 4.79 Å². The third-order valence-corrected chi connectivity index (χ3v) is 6.43. The molecule has 1 saturated carbocycles. The molecular formula is C18H29N5O2. The van der Waals surface area contributed by atoms with Gasteiger partial charge in [0.1, 0.15) is 0 Å². The van der Waals surface area contributed by atoms with E-state index >= 15 is 0 Å². The third kappa shape index (κ3) is 3.03. The highest BCUT2D eigenvalue weighted by molar-refractivity contribution is 5.73. The zero-order chi connectivity index (χ0) is 17.6. The summed E-state index contributed by atoms with van der Waals surface area (Å²) in [5.41, 5.74) is 0.278. The molecule has 1 aromatic heterocycles. The van der Waals surface area contributed by atoms with Gasteiger partial charge in [-0.3, -0.25) is 4.90 Å². The molecule has 25 heavy (non-hydrogen) atoms. The van der Waals surface area contributed by atoms with Crippen molar-refractivity contribution < 1.29 is 9.32 Å². The van der Waals surface area contributed by atoms with Gasteiger partial charge in [-0.15, -0.1) is 0 Å². The van der Waals surface area contributed by atoms with Crippen molar-refractivity contribution in [1.82, 2.24) is 24.8 Å². The van der Waals surface area contributed by atoms with Crippen LogP contribution in [0.15, 0.2) is 4.52 Å². The zero-order valence-electron chi connectivity index (χ0n) is 15.6. The summed E-state index contributed by atoms with van der Waals surface area (Å²) in [5.74, 6) is 2.18. The Balaban J connectivity index is 1.41. The predicted octanol–water partition coefficient (Wildman–Crippen LogP) is 2.48. The van der Waals surface area contributed by atoms with Gasteiger partial charge in [-0.2, -0.15) is 4.98 Å². The Hall–Kier alpha value is -1.63. The number of hydrogen-bond acceptors (Lipinski definition) is 5. The summed E-state index contributed by atoms with van der Waals surface area (Å²) in [6.07, 6.45) is 6.82. The molecule has 0 N–H and O–H groups in total. The van der Waals surface area contributed by atoms with Gasteiger partial charge in [-0.05, 0) is 44.6 Å². The molecule has 3 aliphatic rings. The van der Waals surface area contributed by atoms with Gasteiger partial charge in [0.05, 0.1) is 6.04 Å². The second-order valence-electron chi connectivity index (χ2n) is 8.42. The van der Waals surface area contributed by atoms with Crippen LogP contribution in [0.3, 0.4) is 0 Å². The van der Waals surface area contributed by atoms with E-state index in [0.29, 0.717) is 5.92 Å². The Bertz CT molecular complexity index is 631. The number of nitrogens with zero attached hydrogens (tertiary/aromatic N) is 5. The van der Waals surface area contributed by atoms with Crippen LogP contribution in [0.2, 0.25) is 0 Å². The molecule has 1 aliphatic carbocycles. The molecule has 1 unspecified atom stereocenters. The topological polar surface area (TPSA) is 65.7 Å². The van der Waals surface area contributed by atoms with Crippen LogP contribution in [0.25, 0.3) is 0 Å². The second kappa shape index (κ2) is 6.27. The Morgan fingerprint density at radius 2 is 2.00 bits per heavy atom. The van der Waals surface area contributed by atoms with Gasteiger partial charge in [0.15, 0.2) is 5.82 Å². The number of carbonyl (C=O) groups is 1. The van der Waals surface area contributed by atoms with Gasteiger partial charge in [0.25, 0.3) is 0 Å². The highest BCUT2D eigenvalue weighted by Crippen LogP contribution is 2.48. The van der Waals surface area contributed by atoms with Gasteiger partial charge in [0, 0.05) is 39.6 Å². The first-order valence-electron chi connectivity index (χ1n) is 9.47. The van der Waals surface area contributed by atoms with E-state index in [1.807, 2.05) is 19.0 Å². The van der Waals surface area contributed by atoms with E-state index in [9.17, 15) is 4.79 Å². The molecule has 4 rings (SSSR count). The Morgan fingerprint density at radius 3 is 2.60 bits per heavy atom. The maximum atomic E-state index is 12.2. The molecule has 0 aromatic carbocycles. The Morgan fingerprint density at radius 1 is 1.28 bits per heavy atom. The minimum Gasteiger partial charge on any atom is -0.339 e. The minimum atomic E-state index is 0.126. The lowest BCUT2D eigenvalue weighted by molar-refractivity contribution is 0.109. The van der Waals surface area contributed by atoms with Crippen molar-refractivity contribution in [3.05, 3.63) is 11.7 Å². The number of aromatic nitrogens is 2. The minimum absolute atomic E-state index is 0.126. The van der Waals surface area contributed by atoms with Gasteiger partial charge < -0.3 is 14.3 Å². The second-order valence-corrected chi connectivity index (χ2v) is 8.42. The molecule has 1 aromatic rings. The molecule has 0 radical (unpaired) electrons. The van der Waals surface area contributed by atoms with Crippen LogP contribution in [0.1, 0.15) is 62.2 Å². The maximum absolute atomic E-state index is 12.2. The van der Waals surface area contributed by atoms with Crippen LogP contribution in [0.5, 0.6) is 0 Å². The zero-order valence-corrected chi connectivity index (χ0v) is 15.6. The quantitative estimate of drug-likeness (QED) is 0.822. The standard InChI is InChI=1S/C18H29N5O2/c1-21(2)17(24)23-9-7-18(8-10-23)11-14(22(3)12-18)15-19-16(25-20-15)13-5-4-6-13/h13-14H,4-12H2,1-3H3. The lowest BCUT2D eigenvalue weighted by atomic mass is 9.76. The van der Waals surface area contributed by atoms with Gasteiger partial charge in [-0.1, -0.05) is 11.6 Å². The molecule has 138 valence electrons. The van der Waals surface area contributed by atoms with Crippen LogP contribution in [0, 0.1) is 5.41 Å². The molecule has 0 bridgehead atoms. The number of rotatable bonds is 2. The van der Waals surface area contributed by atoms with Crippen LogP contribution >= 0.6 is 0 Å². The van der Waals surface area contributed by atoms with E-state index in [0.717, 1.165) is 50.6 Å². The van der Waals surface area contributed by atoms with Gasteiger partial charge in [-0.25, -0.2) is 4.79 Å². The summed E-state index contributed by atoms with van der Waals surface area (Å²) >= 11 is 0. The van der Waals surface area contributed by atoms with E-state index in [-0.39, 0.29) is 17.5 Å². The van der Waals surface area contributed by atoms with Crippen LogP contribution in [-0.2, 0) is 0 Å². The lowest BCUT2D eigenvalue weighted by Crippen LogP contribution is -2.47. The number of piperidine rings is 1. The fourth-order valence-electron chi connectivity index (χ4n) is 4.58. The first kappa shape index (κ1) is 16.8. The molecular weight excluding hydrogens is 318 g/mol. The fourth-order valence-corrected chi connectivity index (χ4v) is 4.58. The lowest BCUT2D eigenvalue weighted by Gasteiger charge is -2.40. The molecule has 3 heterocycles. The van der Waals surface area contributed by atoms with E-state index in [1.165, 1.54) is 19.3 Å². The normalized spacial score (nSPS) is 26.8. The van der Waals surface area contributed by atoms with Crippen molar-refractivity contribution in [3.63, 3.8) is 0 Å². The third-order valence-electron chi connectivity index (χ3n) is 6.43. The Kier molecular flexibility index (Phi) is 4.22. The Labute approximate surface area is 149 Å². The summed E-state index contributed by atoms with van der Waals surface area (Å²) in [5, 5.41) is 4.30. The molecule has 1 atom stereocenters. The molecule has 2 aliphatic heterocycles. The van der Waals surface area contributed by atoms with Crippen molar-refractivity contribution in [2.75, 3.05) is 40.8 Å². The SMILES string of the molecule is CN(C)C(=O)N1CCC2(CC1)CC(c1noc(C3CCC3)n1)N(C)C2. The van der Waals surface area contributed by atoms with Crippen LogP contribution < -0.4 is 0 Å². The smallest absolute Gasteiger partial charge is 0.319 e. The predicted molar refractivity (Wildman–Crippen MR) is 93.2 cm³/mol. The molecule has 3 fully saturated rings. The van der Waals surface area contributed by atoms with E-state index in [4.69, 9.17) is 9.51 Å². The van der Waals surface area contributed by atoms with E-state index < -0.39 is 0 Å². The van der Waals surface area contributed by atoms with E-state index in [1.54, 1.807) is 4.90 Å².